The number of nitrogens with one attached hydrogen (secondary N) is 1. The van der Waals surface area contributed by atoms with E-state index in [1.807, 2.05) is 18.7 Å². The van der Waals surface area contributed by atoms with Gasteiger partial charge < -0.3 is 20.7 Å². The maximum absolute atomic E-state index is 16.8. The number of piperazine rings is 1. The first-order valence-corrected chi connectivity index (χ1v) is 15.6. The van der Waals surface area contributed by atoms with E-state index in [2.05, 4.69) is 25.2 Å². The summed E-state index contributed by atoms with van der Waals surface area (Å²) < 4.78 is 81.5. The van der Waals surface area contributed by atoms with Gasteiger partial charge >= 0.3 is 6.01 Å². The molecule has 8 nitrogen and oxygen atoms in total. The maximum atomic E-state index is 16.8. The van der Waals surface area contributed by atoms with Crippen molar-refractivity contribution in [3.63, 3.8) is 0 Å². The number of ether oxygens (including phenoxy) is 1. The number of alkyl halides is 3. The monoisotopic (exact) mass is 633 g/mol. The van der Waals surface area contributed by atoms with Crippen molar-refractivity contribution in [2.45, 2.75) is 63.3 Å². The Labute approximate surface area is 254 Å². The van der Waals surface area contributed by atoms with Crippen LogP contribution in [-0.2, 0) is 0 Å². The van der Waals surface area contributed by atoms with E-state index in [0.717, 1.165) is 36.8 Å². The molecular formula is C30H32F5N7OS. The van der Waals surface area contributed by atoms with E-state index in [4.69, 9.17) is 10.5 Å². The number of benzene rings is 2. The molecule has 2 aromatic heterocycles. The van der Waals surface area contributed by atoms with E-state index in [0.29, 0.717) is 26.1 Å². The van der Waals surface area contributed by atoms with Gasteiger partial charge in [0, 0.05) is 60.2 Å². The molecule has 2 aromatic carbocycles. The number of hydrogen-bond acceptors (Lipinski definition) is 9. The number of hydrogen-bond donors (Lipinski definition) is 2. The van der Waals surface area contributed by atoms with E-state index < -0.39 is 40.9 Å². The van der Waals surface area contributed by atoms with Crippen LogP contribution in [0.25, 0.3) is 32.2 Å². The zero-order chi connectivity index (χ0) is 30.9. The van der Waals surface area contributed by atoms with Gasteiger partial charge in [-0.1, -0.05) is 11.3 Å². The molecule has 3 fully saturated rings. The van der Waals surface area contributed by atoms with Gasteiger partial charge in [-0.05, 0) is 51.4 Å². The van der Waals surface area contributed by atoms with Crippen molar-refractivity contribution in [2.75, 3.05) is 43.4 Å². The molecule has 7 rings (SSSR count). The Bertz CT molecular complexity index is 1750. The molecule has 4 atom stereocenters. The lowest BCUT2D eigenvalue weighted by atomic mass is 9.95. The Kier molecular flexibility index (Phi) is 7.28. The van der Waals surface area contributed by atoms with Crippen molar-refractivity contribution in [3.05, 3.63) is 35.4 Å². The molecule has 0 radical (unpaired) electrons. The van der Waals surface area contributed by atoms with E-state index in [1.165, 1.54) is 12.1 Å². The number of halogens is 5. The molecule has 4 aromatic rings. The first kappa shape index (κ1) is 29.4. The highest BCUT2D eigenvalue weighted by Gasteiger charge is 2.49. The molecule has 0 amide bonds. The van der Waals surface area contributed by atoms with Crippen molar-refractivity contribution in [2.24, 2.45) is 0 Å². The minimum atomic E-state index is -3.08. The number of nitrogen functional groups attached to an aromatic ring is 1. The summed E-state index contributed by atoms with van der Waals surface area (Å²) in [5, 5.41) is 3.51. The van der Waals surface area contributed by atoms with Gasteiger partial charge in [0.25, 0.3) is 6.43 Å². The smallest absolute Gasteiger partial charge is 0.319 e. The number of nitrogens with zero attached hydrogens (tertiary/aromatic N) is 5. The Morgan fingerprint density at radius 1 is 1.16 bits per heavy atom. The summed E-state index contributed by atoms with van der Waals surface area (Å²) in [4.78, 5) is 17.3. The maximum Gasteiger partial charge on any atom is 0.319 e. The van der Waals surface area contributed by atoms with E-state index in [-0.39, 0.29) is 62.3 Å². The summed E-state index contributed by atoms with van der Waals surface area (Å²) in [6, 6.07) is 3.36. The number of fused-ring (bicyclic) bond motifs is 3. The lowest BCUT2D eigenvalue weighted by Gasteiger charge is -2.39. The molecule has 3 aliphatic rings. The first-order valence-electron chi connectivity index (χ1n) is 14.7. The predicted molar refractivity (Wildman–Crippen MR) is 160 cm³/mol. The molecular weight excluding hydrogens is 601 g/mol. The highest BCUT2D eigenvalue weighted by molar-refractivity contribution is 7.22. The van der Waals surface area contributed by atoms with E-state index in [9.17, 15) is 17.6 Å². The van der Waals surface area contributed by atoms with Crippen molar-refractivity contribution in [1.29, 1.82) is 0 Å². The van der Waals surface area contributed by atoms with Crippen molar-refractivity contribution < 1.29 is 26.7 Å². The fourth-order valence-electron chi connectivity index (χ4n) is 7.10. The Balaban J connectivity index is 1.42. The molecule has 0 spiro atoms. The molecule has 5 heterocycles. The van der Waals surface area contributed by atoms with E-state index in [1.54, 1.807) is 0 Å². The van der Waals surface area contributed by atoms with Crippen LogP contribution in [0.15, 0.2) is 18.2 Å². The van der Waals surface area contributed by atoms with Crippen LogP contribution in [0.2, 0.25) is 0 Å². The Morgan fingerprint density at radius 3 is 2.77 bits per heavy atom. The van der Waals surface area contributed by atoms with Gasteiger partial charge in [-0.2, -0.15) is 9.97 Å². The summed E-state index contributed by atoms with van der Waals surface area (Å²) in [5.41, 5.74) is 4.07. The summed E-state index contributed by atoms with van der Waals surface area (Å²) in [5.74, 6) is -1.38. The van der Waals surface area contributed by atoms with Gasteiger partial charge in [0.05, 0.1) is 15.8 Å². The van der Waals surface area contributed by atoms with E-state index >= 15 is 4.39 Å². The van der Waals surface area contributed by atoms with Crippen molar-refractivity contribution >= 4 is 43.4 Å². The molecule has 0 aliphatic carbocycles. The number of rotatable bonds is 6. The van der Waals surface area contributed by atoms with Gasteiger partial charge in [0.2, 0.25) is 0 Å². The van der Waals surface area contributed by atoms with Gasteiger partial charge in [-0.25, -0.2) is 26.9 Å². The fourth-order valence-corrected chi connectivity index (χ4v) is 7.86. The third-order valence-corrected chi connectivity index (χ3v) is 10.1. The highest BCUT2D eigenvalue weighted by atomic mass is 32.1. The second kappa shape index (κ2) is 10.9. The normalized spacial score (nSPS) is 25.9. The third kappa shape index (κ3) is 4.81. The average Bonchev–Trinajstić information content (AvgIpc) is 3.65. The van der Waals surface area contributed by atoms with Crippen LogP contribution in [0.3, 0.4) is 0 Å². The third-order valence-electron chi connectivity index (χ3n) is 9.20. The number of thiazole rings is 1. The lowest BCUT2D eigenvalue weighted by molar-refractivity contribution is 0.107. The molecule has 3 aliphatic heterocycles. The van der Waals surface area contributed by atoms with Crippen molar-refractivity contribution in [3.8, 4) is 17.1 Å². The number of nitrogens with two attached hydrogens (primary N) is 1. The van der Waals surface area contributed by atoms with Crippen LogP contribution in [0.1, 0.15) is 45.1 Å². The van der Waals surface area contributed by atoms with Crippen LogP contribution in [0.5, 0.6) is 6.01 Å². The number of anilines is 2. The molecule has 44 heavy (non-hydrogen) atoms. The standard InChI is InChI=1S/C30H32F5N7OS/c1-14-11-42(15(2)10-37-14)27-19-8-18(26(34)35)21(17-4-5-20(32)25-24(17)38-28(36)44-25)22(33)23(19)39-29(40-27)43-13-30-6-3-7-41(30)12-16(31)9-30/h4-5,8,14-16,26,37H,3,6-7,9-13H2,1-2H3,(H2,36,38)/t14-,15+,16-,30+/m1/s1. The largest absolute Gasteiger partial charge is 0.461 e. The molecule has 14 heteroatoms. The number of aromatic nitrogens is 3. The van der Waals surface area contributed by atoms with Crippen LogP contribution in [0, 0.1) is 11.6 Å². The quantitative estimate of drug-likeness (QED) is 0.256. The summed E-state index contributed by atoms with van der Waals surface area (Å²) in [7, 11) is 0. The minimum Gasteiger partial charge on any atom is -0.461 e. The minimum absolute atomic E-state index is 0.00890. The Morgan fingerprint density at radius 2 is 1.98 bits per heavy atom. The van der Waals surface area contributed by atoms with Crippen molar-refractivity contribution in [1.82, 2.24) is 25.2 Å². The topological polar surface area (TPSA) is 92.4 Å². The van der Waals surface area contributed by atoms with Crippen LogP contribution >= 0.6 is 11.3 Å². The van der Waals surface area contributed by atoms with Gasteiger partial charge in [0.1, 0.15) is 29.9 Å². The fraction of sp³-hybridized carbons (Fsp3) is 0.500. The second-order valence-corrected chi connectivity index (χ2v) is 13.2. The van der Waals surface area contributed by atoms with Gasteiger partial charge in [0.15, 0.2) is 10.9 Å². The zero-order valence-corrected chi connectivity index (χ0v) is 25.0. The molecule has 0 saturated carbocycles. The molecule has 0 unspecified atom stereocenters. The highest BCUT2D eigenvalue weighted by Crippen LogP contribution is 2.45. The lowest BCUT2D eigenvalue weighted by Crippen LogP contribution is -2.54. The summed E-state index contributed by atoms with van der Waals surface area (Å²) >= 11 is 0.854. The predicted octanol–water partition coefficient (Wildman–Crippen LogP) is 5.85. The zero-order valence-electron chi connectivity index (χ0n) is 24.2. The molecule has 3 N–H and O–H groups in total. The van der Waals surface area contributed by atoms with Crippen LogP contribution < -0.4 is 20.7 Å². The average molecular weight is 634 g/mol. The second-order valence-electron chi connectivity index (χ2n) is 12.2. The van der Waals surface area contributed by atoms with Crippen LogP contribution in [-0.4, -0.2) is 76.4 Å². The van der Waals surface area contributed by atoms with Gasteiger partial charge in [-0.15, -0.1) is 0 Å². The molecule has 3 saturated heterocycles. The summed E-state index contributed by atoms with van der Waals surface area (Å²) in [6.07, 6.45) is -2.04. The first-order chi connectivity index (χ1) is 21.0. The Hall–Kier alpha value is -3.36. The molecule has 234 valence electrons. The molecule has 0 bridgehead atoms. The van der Waals surface area contributed by atoms with Gasteiger partial charge in [-0.3, -0.25) is 4.90 Å². The van der Waals surface area contributed by atoms with Crippen LogP contribution in [0.4, 0.5) is 32.9 Å². The SMILES string of the molecule is C[C@@H]1CN(c2nc(OC[C@@]34CCCN3C[C@H](F)C4)nc3c(F)c(-c4ccc(F)c5sc(N)nc45)c(C(F)F)cc23)[C@@H](C)CN1. The summed E-state index contributed by atoms with van der Waals surface area (Å²) in [6.45, 7) is 6.26.